The summed E-state index contributed by atoms with van der Waals surface area (Å²) in [6.45, 7) is 1.06. The molecule has 0 aliphatic carbocycles. The molecule has 0 bridgehead atoms. The van der Waals surface area contributed by atoms with Gasteiger partial charge in [0.05, 0.1) is 13.0 Å². The second-order valence-corrected chi connectivity index (χ2v) is 10.0. The van der Waals surface area contributed by atoms with Gasteiger partial charge < -0.3 is 19.7 Å². The van der Waals surface area contributed by atoms with Crippen LogP contribution in [0.15, 0.2) is 82.1 Å². The standard InChI is InChI=1S/C26H25N3O5S/c1-33-22-9-3-4-10-23(22)34-20-14-12-19(13-15-20)27-26(30)18-7-6-16-29(17-18)25-21-8-2-5-11-24(21)35(31,32)28-25/h2-5,8-15,18H,6-7,16-17H2,1H3,(H,27,30). The summed E-state index contributed by atoms with van der Waals surface area (Å²) in [4.78, 5) is 15.1. The van der Waals surface area contributed by atoms with Crippen molar-refractivity contribution < 1.29 is 22.7 Å². The van der Waals surface area contributed by atoms with Gasteiger partial charge >= 0.3 is 0 Å². The molecule has 1 atom stereocenters. The monoisotopic (exact) mass is 491 g/mol. The number of amides is 1. The zero-order valence-corrected chi connectivity index (χ0v) is 20.0. The molecule has 1 amide bonds. The van der Waals surface area contributed by atoms with Crippen LogP contribution in [-0.2, 0) is 14.8 Å². The van der Waals surface area contributed by atoms with Crippen molar-refractivity contribution in [2.24, 2.45) is 10.3 Å². The van der Waals surface area contributed by atoms with E-state index in [9.17, 15) is 13.2 Å². The Morgan fingerprint density at radius 1 is 1.00 bits per heavy atom. The second-order valence-electron chi connectivity index (χ2n) is 8.44. The number of rotatable bonds is 5. The minimum absolute atomic E-state index is 0.108. The quantitative estimate of drug-likeness (QED) is 0.572. The fourth-order valence-corrected chi connectivity index (χ4v) is 5.61. The third-order valence-corrected chi connectivity index (χ3v) is 7.45. The van der Waals surface area contributed by atoms with Crippen LogP contribution in [0.4, 0.5) is 5.69 Å². The van der Waals surface area contributed by atoms with E-state index in [2.05, 4.69) is 9.71 Å². The van der Waals surface area contributed by atoms with Crippen LogP contribution >= 0.6 is 0 Å². The zero-order valence-electron chi connectivity index (χ0n) is 19.2. The highest BCUT2D eigenvalue weighted by Gasteiger charge is 2.35. The summed E-state index contributed by atoms with van der Waals surface area (Å²) in [6.07, 6.45) is 1.49. The van der Waals surface area contributed by atoms with Gasteiger partial charge in [0.25, 0.3) is 10.0 Å². The molecule has 3 aromatic rings. The maximum Gasteiger partial charge on any atom is 0.285 e. The number of amidine groups is 1. The Hall–Kier alpha value is -3.85. The minimum Gasteiger partial charge on any atom is -0.493 e. The molecule has 1 saturated heterocycles. The fraction of sp³-hybridized carbons (Fsp3) is 0.231. The Morgan fingerprint density at radius 3 is 2.49 bits per heavy atom. The van der Waals surface area contributed by atoms with Crippen molar-refractivity contribution in [1.82, 2.24) is 4.90 Å². The lowest BCUT2D eigenvalue weighted by Crippen LogP contribution is -2.43. The molecule has 9 heteroatoms. The van der Waals surface area contributed by atoms with Gasteiger partial charge in [0.1, 0.15) is 10.6 Å². The average Bonchev–Trinajstić information content (AvgIpc) is 3.16. The topological polar surface area (TPSA) is 97.3 Å². The molecule has 0 aromatic heterocycles. The number of piperidine rings is 1. The molecule has 8 nitrogen and oxygen atoms in total. The number of hydrogen-bond acceptors (Lipinski definition) is 6. The molecule has 5 rings (SSSR count). The van der Waals surface area contributed by atoms with Crippen molar-refractivity contribution in [2.75, 3.05) is 25.5 Å². The summed E-state index contributed by atoms with van der Waals surface area (Å²) in [6, 6.07) is 21.3. The van der Waals surface area contributed by atoms with Crippen molar-refractivity contribution in [2.45, 2.75) is 17.7 Å². The van der Waals surface area contributed by atoms with E-state index in [-0.39, 0.29) is 16.7 Å². The number of nitrogens with one attached hydrogen (secondary N) is 1. The first-order valence-electron chi connectivity index (χ1n) is 11.4. The highest BCUT2D eigenvalue weighted by Crippen LogP contribution is 2.32. The third-order valence-electron chi connectivity index (χ3n) is 6.12. The van der Waals surface area contributed by atoms with Crippen LogP contribution in [0, 0.1) is 5.92 Å². The fourth-order valence-electron chi connectivity index (χ4n) is 4.38. The lowest BCUT2D eigenvalue weighted by Gasteiger charge is -2.33. The normalized spacial score (nSPS) is 18.4. The second kappa shape index (κ2) is 9.42. The van der Waals surface area contributed by atoms with Crippen LogP contribution in [0.2, 0.25) is 0 Å². The Balaban J connectivity index is 1.24. The minimum atomic E-state index is -3.70. The van der Waals surface area contributed by atoms with Gasteiger partial charge in [0.2, 0.25) is 5.91 Å². The molecular weight excluding hydrogens is 466 g/mol. The predicted octanol–water partition coefficient (Wildman–Crippen LogP) is 4.29. The van der Waals surface area contributed by atoms with Gasteiger partial charge in [-0.15, -0.1) is 4.40 Å². The van der Waals surface area contributed by atoms with Gasteiger partial charge in [-0.2, -0.15) is 8.42 Å². The molecule has 0 saturated carbocycles. The molecule has 180 valence electrons. The molecule has 0 spiro atoms. The third kappa shape index (κ3) is 4.72. The van der Waals surface area contributed by atoms with Crippen LogP contribution < -0.4 is 14.8 Å². The summed E-state index contributed by atoms with van der Waals surface area (Å²) in [7, 11) is -2.11. The van der Waals surface area contributed by atoms with Gasteiger partial charge in [-0.1, -0.05) is 24.3 Å². The summed E-state index contributed by atoms with van der Waals surface area (Å²) >= 11 is 0. The van der Waals surface area contributed by atoms with Crippen LogP contribution in [0.5, 0.6) is 17.2 Å². The molecule has 1 unspecified atom stereocenters. The number of ether oxygens (including phenoxy) is 2. The number of methoxy groups -OCH3 is 1. The van der Waals surface area contributed by atoms with E-state index >= 15 is 0 Å². The van der Waals surface area contributed by atoms with Gasteiger partial charge in [-0.25, -0.2) is 0 Å². The number of anilines is 1. The summed E-state index contributed by atoms with van der Waals surface area (Å²) in [5, 5.41) is 2.97. The smallest absolute Gasteiger partial charge is 0.285 e. The summed E-state index contributed by atoms with van der Waals surface area (Å²) in [5.74, 6) is 1.89. The van der Waals surface area contributed by atoms with Gasteiger partial charge in [0, 0.05) is 24.3 Å². The zero-order chi connectivity index (χ0) is 24.4. The number of para-hydroxylation sites is 2. The average molecular weight is 492 g/mol. The van der Waals surface area contributed by atoms with Crippen LogP contribution in [-0.4, -0.2) is 45.3 Å². The van der Waals surface area contributed by atoms with E-state index in [1.807, 2.05) is 29.2 Å². The maximum absolute atomic E-state index is 13.0. The molecular formula is C26H25N3O5S. The van der Waals surface area contributed by atoms with Crippen molar-refractivity contribution in [1.29, 1.82) is 0 Å². The SMILES string of the molecule is COc1ccccc1Oc1ccc(NC(=O)C2CCCN(C3=NS(=O)(=O)c4ccccc43)C2)cc1. The van der Waals surface area contributed by atoms with Crippen molar-refractivity contribution in [3.8, 4) is 17.2 Å². The number of carbonyl (C=O) groups excluding carboxylic acids is 1. The molecule has 2 heterocycles. The van der Waals surface area contributed by atoms with Crippen molar-refractivity contribution >= 4 is 27.5 Å². The van der Waals surface area contributed by atoms with Crippen LogP contribution in [0.3, 0.4) is 0 Å². The van der Waals surface area contributed by atoms with E-state index in [0.29, 0.717) is 47.4 Å². The van der Waals surface area contributed by atoms with Crippen LogP contribution in [0.25, 0.3) is 0 Å². The number of carbonyl (C=O) groups is 1. The van der Waals surface area contributed by atoms with E-state index in [1.54, 1.807) is 55.6 Å². The van der Waals surface area contributed by atoms with Crippen molar-refractivity contribution in [3.05, 3.63) is 78.4 Å². The van der Waals surface area contributed by atoms with Gasteiger partial charge in [-0.3, -0.25) is 4.79 Å². The van der Waals surface area contributed by atoms with E-state index in [1.165, 1.54) is 0 Å². The largest absolute Gasteiger partial charge is 0.493 e. The number of likely N-dealkylation sites (tertiary alicyclic amines) is 1. The van der Waals surface area contributed by atoms with Crippen molar-refractivity contribution in [3.63, 3.8) is 0 Å². The molecule has 35 heavy (non-hydrogen) atoms. The molecule has 1 fully saturated rings. The Morgan fingerprint density at radius 2 is 1.71 bits per heavy atom. The number of sulfonamides is 1. The maximum atomic E-state index is 13.0. The number of nitrogens with zero attached hydrogens (tertiary/aromatic N) is 2. The molecule has 0 radical (unpaired) electrons. The lowest BCUT2D eigenvalue weighted by atomic mass is 9.96. The predicted molar refractivity (Wildman–Crippen MR) is 133 cm³/mol. The first-order chi connectivity index (χ1) is 16.9. The number of benzene rings is 3. The first kappa shape index (κ1) is 22.9. The van der Waals surface area contributed by atoms with E-state index in [0.717, 1.165) is 12.8 Å². The van der Waals surface area contributed by atoms with E-state index in [4.69, 9.17) is 9.47 Å². The van der Waals surface area contributed by atoms with Gasteiger partial charge in [0.15, 0.2) is 17.3 Å². The number of hydrogen-bond donors (Lipinski definition) is 1. The molecule has 1 N–H and O–H groups in total. The summed E-state index contributed by atoms with van der Waals surface area (Å²) in [5.41, 5.74) is 1.25. The van der Waals surface area contributed by atoms with E-state index < -0.39 is 10.0 Å². The molecule has 2 aliphatic heterocycles. The highest BCUT2D eigenvalue weighted by atomic mass is 32.2. The molecule has 3 aromatic carbocycles. The Labute approximate surface area is 204 Å². The van der Waals surface area contributed by atoms with Gasteiger partial charge in [-0.05, 0) is 61.4 Å². The molecule has 2 aliphatic rings. The summed E-state index contributed by atoms with van der Waals surface area (Å²) < 4.78 is 40.1. The Bertz CT molecular complexity index is 1390. The number of fused-ring (bicyclic) bond motifs is 1. The van der Waals surface area contributed by atoms with Crippen LogP contribution in [0.1, 0.15) is 18.4 Å². The Kier molecular flexibility index (Phi) is 6.17. The first-order valence-corrected chi connectivity index (χ1v) is 12.8. The lowest BCUT2D eigenvalue weighted by molar-refractivity contribution is -0.121. The highest BCUT2D eigenvalue weighted by molar-refractivity contribution is 7.90.